The standard InChI is InChI=1S/C12H18O3S/c13-11(14)7-16(15)12-4-8-1-9(5-12)3-10(2-8)6-12/h8-10H,1-7H2,(H,13,14). The lowest BCUT2D eigenvalue weighted by Gasteiger charge is -2.55. The van der Waals surface area contributed by atoms with Gasteiger partial charge in [-0.25, -0.2) is 0 Å². The summed E-state index contributed by atoms with van der Waals surface area (Å²) in [7, 11) is -1.15. The highest BCUT2D eigenvalue weighted by Gasteiger charge is 2.54. The van der Waals surface area contributed by atoms with Gasteiger partial charge in [0.1, 0.15) is 5.75 Å². The monoisotopic (exact) mass is 242 g/mol. The van der Waals surface area contributed by atoms with Crippen LogP contribution in [0, 0.1) is 17.8 Å². The smallest absolute Gasteiger partial charge is 0.316 e. The van der Waals surface area contributed by atoms with Crippen LogP contribution in [0.15, 0.2) is 0 Å². The SMILES string of the molecule is O=C(O)CS(=O)C12CC3CC(CC(C3)C1)C2. The molecule has 4 aliphatic carbocycles. The summed E-state index contributed by atoms with van der Waals surface area (Å²) in [6.45, 7) is 0. The minimum absolute atomic E-state index is 0.118. The van der Waals surface area contributed by atoms with Crippen LogP contribution in [0.25, 0.3) is 0 Å². The van der Waals surface area contributed by atoms with Gasteiger partial charge in [-0.05, 0) is 56.3 Å². The van der Waals surface area contributed by atoms with Gasteiger partial charge in [0, 0.05) is 15.5 Å². The van der Waals surface area contributed by atoms with E-state index >= 15 is 0 Å². The molecule has 4 aliphatic rings. The van der Waals surface area contributed by atoms with Crippen LogP contribution in [-0.4, -0.2) is 25.8 Å². The van der Waals surface area contributed by atoms with Crippen LogP contribution in [0.2, 0.25) is 0 Å². The molecule has 0 heterocycles. The second kappa shape index (κ2) is 3.56. The summed E-state index contributed by atoms with van der Waals surface area (Å²) in [4.78, 5) is 10.7. The Bertz CT molecular complexity index is 315. The molecule has 4 rings (SSSR count). The predicted molar refractivity (Wildman–Crippen MR) is 61.5 cm³/mol. The van der Waals surface area contributed by atoms with Crippen molar-refractivity contribution in [1.82, 2.24) is 0 Å². The molecule has 0 aromatic carbocycles. The van der Waals surface area contributed by atoms with Crippen LogP contribution < -0.4 is 0 Å². The molecular formula is C12H18O3S. The molecule has 0 aliphatic heterocycles. The number of carboxylic acid groups (broad SMARTS) is 1. The first-order chi connectivity index (χ1) is 7.57. The van der Waals surface area contributed by atoms with Gasteiger partial charge in [-0.1, -0.05) is 0 Å². The zero-order valence-electron chi connectivity index (χ0n) is 9.35. The topological polar surface area (TPSA) is 54.4 Å². The van der Waals surface area contributed by atoms with E-state index in [2.05, 4.69) is 0 Å². The summed E-state index contributed by atoms with van der Waals surface area (Å²) >= 11 is 0. The molecule has 0 amide bonds. The van der Waals surface area contributed by atoms with E-state index in [1.54, 1.807) is 0 Å². The van der Waals surface area contributed by atoms with Crippen LogP contribution in [0.5, 0.6) is 0 Å². The van der Waals surface area contributed by atoms with Gasteiger partial charge in [0.25, 0.3) is 0 Å². The fraction of sp³-hybridized carbons (Fsp3) is 0.917. The van der Waals surface area contributed by atoms with Crippen molar-refractivity contribution in [1.29, 1.82) is 0 Å². The number of carbonyl (C=O) groups is 1. The molecule has 0 aromatic heterocycles. The van der Waals surface area contributed by atoms with Crippen LogP contribution >= 0.6 is 0 Å². The third kappa shape index (κ3) is 1.62. The summed E-state index contributed by atoms with van der Waals surface area (Å²) in [5, 5.41) is 8.79. The Labute approximate surface area is 98.1 Å². The number of carboxylic acids is 1. The van der Waals surface area contributed by atoms with Crippen molar-refractivity contribution in [2.75, 3.05) is 5.75 Å². The highest BCUT2D eigenvalue weighted by atomic mass is 32.2. The van der Waals surface area contributed by atoms with E-state index in [9.17, 15) is 9.00 Å². The first kappa shape index (κ1) is 10.8. The second-order valence-electron chi connectivity index (χ2n) is 5.98. The Morgan fingerprint density at radius 1 is 1.12 bits per heavy atom. The average molecular weight is 242 g/mol. The van der Waals surface area contributed by atoms with Gasteiger partial charge in [-0.2, -0.15) is 0 Å². The lowest BCUT2D eigenvalue weighted by Crippen LogP contribution is -2.53. The van der Waals surface area contributed by atoms with Crippen molar-refractivity contribution < 1.29 is 14.1 Å². The van der Waals surface area contributed by atoms with Crippen molar-refractivity contribution >= 4 is 16.8 Å². The van der Waals surface area contributed by atoms with Gasteiger partial charge in [0.15, 0.2) is 0 Å². The molecule has 4 fully saturated rings. The molecule has 16 heavy (non-hydrogen) atoms. The molecule has 4 saturated carbocycles. The van der Waals surface area contributed by atoms with Crippen molar-refractivity contribution in [2.24, 2.45) is 17.8 Å². The van der Waals surface area contributed by atoms with E-state index in [0.29, 0.717) is 0 Å². The van der Waals surface area contributed by atoms with Crippen molar-refractivity contribution in [3.8, 4) is 0 Å². The summed E-state index contributed by atoms with van der Waals surface area (Å²) < 4.78 is 12.1. The first-order valence-corrected chi connectivity index (χ1v) is 7.49. The van der Waals surface area contributed by atoms with E-state index in [-0.39, 0.29) is 10.5 Å². The van der Waals surface area contributed by atoms with E-state index in [1.165, 1.54) is 19.3 Å². The van der Waals surface area contributed by atoms with Gasteiger partial charge >= 0.3 is 5.97 Å². The maximum Gasteiger partial charge on any atom is 0.316 e. The van der Waals surface area contributed by atoms with Crippen molar-refractivity contribution in [3.05, 3.63) is 0 Å². The van der Waals surface area contributed by atoms with Gasteiger partial charge in [-0.3, -0.25) is 9.00 Å². The van der Waals surface area contributed by atoms with Crippen LogP contribution in [0.3, 0.4) is 0 Å². The highest BCUT2D eigenvalue weighted by molar-refractivity contribution is 7.87. The molecule has 1 atom stereocenters. The van der Waals surface area contributed by atoms with E-state index in [1.807, 2.05) is 0 Å². The van der Waals surface area contributed by atoms with Crippen LogP contribution in [0.4, 0.5) is 0 Å². The molecule has 0 saturated heterocycles. The Morgan fingerprint density at radius 3 is 1.94 bits per heavy atom. The number of hydrogen-bond acceptors (Lipinski definition) is 2. The lowest BCUT2D eigenvalue weighted by atomic mass is 9.56. The third-order valence-corrected chi connectivity index (χ3v) is 6.69. The molecule has 1 unspecified atom stereocenters. The minimum atomic E-state index is -1.15. The van der Waals surface area contributed by atoms with Gasteiger partial charge in [-0.15, -0.1) is 0 Å². The maximum absolute atomic E-state index is 12.2. The highest BCUT2D eigenvalue weighted by Crippen LogP contribution is 2.57. The van der Waals surface area contributed by atoms with Crippen molar-refractivity contribution in [3.63, 3.8) is 0 Å². The Kier molecular flexibility index (Phi) is 2.39. The van der Waals surface area contributed by atoms with Gasteiger partial charge in [0.05, 0.1) is 0 Å². The normalized spacial score (nSPS) is 46.9. The van der Waals surface area contributed by atoms with Crippen LogP contribution in [-0.2, 0) is 15.6 Å². The zero-order valence-corrected chi connectivity index (χ0v) is 10.2. The summed E-state index contributed by atoms with van der Waals surface area (Å²) in [5.41, 5.74) is 0. The summed E-state index contributed by atoms with van der Waals surface area (Å²) in [6.07, 6.45) is 7.01. The Morgan fingerprint density at radius 2 is 1.56 bits per heavy atom. The number of aliphatic carboxylic acids is 1. The second-order valence-corrected chi connectivity index (χ2v) is 7.83. The lowest BCUT2D eigenvalue weighted by molar-refractivity contribution is -0.134. The van der Waals surface area contributed by atoms with E-state index in [4.69, 9.17) is 5.11 Å². The molecule has 0 aromatic rings. The molecule has 4 heteroatoms. The van der Waals surface area contributed by atoms with Gasteiger partial charge in [0.2, 0.25) is 0 Å². The predicted octanol–water partition coefficient (Wildman–Crippen LogP) is 1.79. The summed E-state index contributed by atoms with van der Waals surface area (Å²) in [5.74, 6) is 1.16. The van der Waals surface area contributed by atoms with Crippen LogP contribution in [0.1, 0.15) is 38.5 Å². The molecule has 4 bridgehead atoms. The summed E-state index contributed by atoms with van der Waals surface area (Å²) in [6, 6.07) is 0. The minimum Gasteiger partial charge on any atom is -0.481 e. The largest absolute Gasteiger partial charge is 0.481 e. The quantitative estimate of drug-likeness (QED) is 0.821. The number of rotatable bonds is 3. The molecule has 90 valence electrons. The Balaban J connectivity index is 1.83. The van der Waals surface area contributed by atoms with E-state index in [0.717, 1.165) is 37.0 Å². The van der Waals surface area contributed by atoms with E-state index < -0.39 is 16.8 Å². The third-order valence-electron chi connectivity index (χ3n) is 4.72. The Hall–Kier alpha value is -0.380. The molecule has 1 N–H and O–H groups in total. The first-order valence-electron chi connectivity index (χ1n) is 6.18. The average Bonchev–Trinajstić information content (AvgIpc) is 2.13. The maximum atomic E-state index is 12.2. The molecule has 0 spiro atoms. The zero-order chi connectivity index (χ0) is 11.3. The fourth-order valence-corrected chi connectivity index (χ4v) is 6.37. The van der Waals surface area contributed by atoms with Crippen molar-refractivity contribution in [2.45, 2.75) is 43.3 Å². The molecule has 3 nitrogen and oxygen atoms in total. The fourth-order valence-electron chi connectivity index (χ4n) is 4.58. The molecule has 0 radical (unpaired) electrons. The molecular weight excluding hydrogens is 224 g/mol. The van der Waals surface area contributed by atoms with Gasteiger partial charge < -0.3 is 5.11 Å². The number of hydrogen-bond donors (Lipinski definition) is 1.